The molecular formula is C16H9BrN4O2. The van der Waals surface area contributed by atoms with Gasteiger partial charge in [-0.1, -0.05) is 6.07 Å². The van der Waals surface area contributed by atoms with Gasteiger partial charge in [0.15, 0.2) is 5.82 Å². The van der Waals surface area contributed by atoms with E-state index in [1.54, 1.807) is 53.8 Å². The molecule has 3 heterocycles. The van der Waals surface area contributed by atoms with Gasteiger partial charge in [-0.25, -0.2) is 19.7 Å². The van der Waals surface area contributed by atoms with Gasteiger partial charge in [-0.15, -0.1) is 0 Å². The largest absolute Gasteiger partial charge is 0.403 e. The van der Waals surface area contributed by atoms with Gasteiger partial charge in [0.05, 0.1) is 11.1 Å². The van der Waals surface area contributed by atoms with Crippen LogP contribution >= 0.6 is 15.9 Å². The number of halogens is 1. The van der Waals surface area contributed by atoms with E-state index in [1.165, 1.54) is 0 Å². The van der Waals surface area contributed by atoms with Gasteiger partial charge in [0.2, 0.25) is 5.89 Å². The Bertz CT molecular complexity index is 1060. The Morgan fingerprint density at radius 3 is 2.87 bits per heavy atom. The van der Waals surface area contributed by atoms with Crippen LogP contribution in [0.3, 0.4) is 0 Å². The Labute approximate surface area is 138 Å². The summed E-state index contributed by atoms with van der Waals surface area (Å²) in [5, 5.41) is 0.421. The second kappa shape index (κ2) is 5.44. The van der Waals surface area contributed by atoms with Gasteiger partial charge in [0.25, 0.3) is 0 Å². The van der Waals surface area contributed by atoms with E-state index in [-0.39, 0.29) is 5.89 Å². The summed E-state index contributed by atoms with van der Waals surface area (Å²) in [5.41, 5.74) is 0.730. The molecule has 0 saturated heterocycles. The molecule has 0 N–H and O–H groups in total. The molecule has 4 rings (SSSR count). The summed E-state index contributed by atoms with van der Waals surface area (Å²) >= 11 is 3.35. The molecule has 112 valence electrons. The molecule has 4 aromatic rings. The monoisotopic (exact) mass is 368 g/mol. The molecule has 0 aliphatic carbocycles. The maximum absolute atomic E-state index is 12.3. The number of aromatic nitrogens is 4. The summed E-state index contributed by atoms with van der Waals surface area (Å²) in [7, 11) is 0. The molecule has 23 heavy (non-hydrogen) atoms. The Morgan fingerprint density at radius 2 is 2.04 bits per heavy atom. The highest BCUT2D eigenvalue weighted by atomic mass is 79.9. The Kier molecular flexibility index (Phi) is 3.27. The highest BCUT2D eigenvalue weighted by Crippen LogP contribution is 2.26. The first-order chi connectivity index (χ1) is 11.2. The zero-order chi connectivity index (χ0) is 15.8. The van der Waals surface area contributed by atoms with Crippen molar-refractivity contribution in [2.24, 2.45) is 0 Å². The van der Waals surface area contributed by atoms with E-state index in [0.29, 0.717) is 26.8 Å². The minimum atomic E-state index is -0.446. The highest BCUT2D eigenvalue weighted by Gasteiger charge is 2.15. The van der Waals surface area contributed by atoms with Crippen LogP contribution < -0.4 is 5.63 Å². The first-order valence-electron chi connectivity index (χ1n) is 6.77. The summed E-state index contributed by atoms with van der Waals surface area (Å²) in [6, 6.07) is 8.94. The van der Waals surface area contributed by atoms with Crippen molar-refractivity contribution in [1.82, 2.24) is 19.5 Å². The second-order valence-corrected chi connectivity index (χ2v) is 5.64. The van der Waals surface area contributed by atoms with Crippen LogP contribution in [0.1, 0.15) is 0 Å². The number of imidazole rings is 1. The van der Waals surface area contributed by atoms with Crippen molar-refractivity contribution in [2.45, 2.75) is 0 Å². The quantitative estimate of drug-likeness (QED) is 0.543. The number of pyridine rings is 1. The third-order valence-electron chi connectivity index (χ3n) is 3.37. The number of hydrogen-bond acceptors (Lipinski definition) is 5. The number of benzene rings is 1. The smallest absolute Gasteiger partial charge is 0.348 e. The van der Waals surface area contributed by atoms with Crippen LogP contribution in [-0.2, 0) is 0 Å². The molecule has 0 saturated carbocycles. The van der Waals surface area contributed by atoms with E-state index in [1.807, 2.05) is 6.07 Å². The molecule has 1 aromatic carbocycles. The Balaban J connectivity index is 2.00. The molecule has 7 heteroatoms. The lowest BCUT2D eigenvalue weighted by Gasteiger charge is -2.08. The summed E-state index contributed by atoms with van der Waals surface area (Å²) < 4.78 is 7.82. The van der Waals surface area contributed by atoms with Crippen molar-refractivity contribution < 1.29 is 4.42 Å². The predicted molar refractivity (Wildman–Crippen MR) is 88.3 cm³/mol. The fourth-order valence-corrected chi connectivity index (χ4v) is 2.87. The lowest BCUT2D eigenvalue weighted by molar-refractivity contribution is 0.517. The fourth-order valence-electron chi connectivity index (χ4n) is 2.35. The van der Waals surface area contributed by atoms with Crippen molar-refractivity contribution in [3.63, 3.8) is 0 Å². The van der Waals surface area contributed by atoms with Crippen molar-refractivity contribution in [1.29, 1.82) is 0 Å². The lowest BCUT2D eigenvalue weighted by Crippen LogP contribution is -2.05. The van der Waals surface area contributed by atoms with Crippen molar-refractivity contribution in [2.75, 3.05) is 0 Å². The Hall–Kier alpha value is -2.80. The maximum atomic E-state index is 12.3. The zero-order valence-electron chi connectivity index (χ0n) is 11.7. The van der Waals surface area contributed by atoms with E-state index >= 15 is 0 Å². The van der Waals surface area contributed by atoms with Gasteiger partial charge in [-0.2, -0.15) is 0 Å². The van der Waals surface area contributed by atoms with Gasteiger partial charge in [-0.3, -0.25) is 4.57 Å². The van der Waals surface area contributed by atoms with Crippen LogP contribution in [0.15, 0.2) is 68.9 Å². The van der Waals surface area contributed by atoms with Gasteiger partial charge < -0.3 is 4.42 Å². The molecule has 0 amide bonds. The second-order valence-electron chi connectivity index (χ2n) is 4.78. The minimum Gasteiger partial charge on any atom is -0.403 e. The molecule has 3 aromatic heterocycles. The molecular weight excluding hydrogens is 360 g/mol. The normalized spacial score (nSPS) is 11.0. The minimum absolute atomic E-state index is 0.220. The molecule has 6 nitrogen and oxygen atoms in total. The number of fused-ring (bicyclic) bond motifs is 1. The molecule has 0 unspecified atom stereocenters. The van der Waals surface area contributed by atoms with E-state index in [0.717, 1.165) is 0 Å². The molecule has 0 atom stereocenters. The average molecular weight is 369 g/mol. The van der Waals surface area contributed by atoms with E-state index < -0.39 is 5.63 Å². The van der Waals surface area contributed by atoms with Crippen molar-refractivity contribution >= 4 is 26.8 Å². The number of rotatable bonds is 2. The summed E-state index contributed by atoms with van der Waals surface area (Å²) in [6.45, 7) is 0. The van der Waals surface area contributed by atoms with Crippen LogP contribution in [0.4, 0.5) is 0 Å². The number of nitrogens with zero attached hydrogens (tertiary/aromatic N) is 4. The molecule has 0 radical (unpaired) electrons. The van der Waals surface area contributed by atoms with Crippen LogP contribution in [0.2, 0.25) is 0 Å². The van der Waals surface area contributed by atoms with Gasteiger partial charge in [0.1, 0.15) is 11.7 Å². The van der Waals surface area contributed by atoms with Crippen molar-refractivity contribution in [3.05, 3.63) is 70.1 Å². The first-order valence-corrected chi connectivity index (χ1v) is 7.56. The Morgan fingerprint density at radius 1 is 1.13 bits per heavy atom. The van der Waals surface area contributed by atoms with Gasteiger partial charge in [0, 0.05) is 23.1 Å². The number of hydrogen-bond donors (Lipinski definition) is 0. The highest BCUT2D eigenvalue weighted by molar-refractivity contribution is 9.10. The predicted octanol–water partition coefficient (Wildman–Crippen LogP) is 3.20. The van der Waals surface area contributed by atoms with Crippen molar-refractivity contribution in [3.8, 4) is 17.3 Å². The SMILES string of the molecule is O=c1oc(-c2cccnc2-n2ccnc2)nc2cccc(Br)c12. The summed E-state index contributed by atoms with van der Waals surface area (Å²) in [5.74, 6) is 0.812. The van der Waals surface area contributed by atoms with E-state index in [4.69, 9.17) is 4.42 Å². The molecule has 0 spiro atoms. The summed E-state index contributed by atoms with van der Waals surface area (Å²) in [6.07, 6.45) is 6.71. The first kappa shape index (κ1) is 13.8. The van der Waals surface area contributed by atoms with Crippen LogP contribution in [0, 0.1) is 0 Å². The van der Waals surface area contributed by atoms with Crippen LogP contribution in [0.25, 0.3) is 28.2 Å². The molecule has 0 aliphatic rings. The van der Waals surface area contributed by atoms with E-state index in [9.17, 15) is 4.79 Å². The van der Waals surface area contributed by atoms with Crippen LogP contribution in [-0.4, -0.2) is 19.5 Å². The zero-order valence-corrected chi connectivity index (χ0v) is 13.3. The van der Waals surface area contributed by atoms with E-state index in [2.05, 4.69) is 30.9 Å². The maximum Gasteiger partial charge on any atom is 0.348 e. The molecule has 0 fully saturated rings. The molecule has 0 bridgehead atoms. The standard InChI is InChI=1S/C16H9BrN4O2/c17-11-4-1-5-12-13(11)16(22)23-15(20-12)10-3-2-6-19-14(10)21-8-7-18-9-21/h1-9H. The summed E-state index contributed by atoms with van der Waals surface area (Å²) in [4.78, 5) is 25.1. The average Bonchev–Trinajstić information content (AvgIpc) is 3.09. The third-order valence-corrected chi connectivity index (χ3v) is 4.03. The van der Waals surface area contributed by atoms with Gasteiger partial charge >= 0.3 is 5.63 Å². The lowest BCUT2D eigenvalue weighted by atomic mass is 10.2. The third kappa shape index (κ3) is 2.35. The molecule has 0 aliphatic heterocycles. The van der Waals surface area contributed by atoms with Crippen LogP contribution in [0.5, 0.6) is 0 Å². The topological polar surface area (TPSA) is 73.8 Å². The van der Waals surface area contributed by atoms with Gasteiger partial charge in [-0.05, 0) is 40.2 Å². The fraction of sp³-hybridized carbons (Fsp3) is 0.